The molecule has 0 aromatic rings. The van der Waals surface area contributed by atoms with Crippen molar-refractivity contribution in [3.63, 3.8) is 0 Å². The number of carbonyl (C=O) groups is 2. The van der Waals surface area contributed by atoms with Crippen molar-refractivity contribution in [3.05, 3.63) is 0 Å². The van der Waals surface area contributed by atoms with Crippen molar-refractivity contribution >= 4 is 11.8 Å². The Balaban J connectivity index is 2.37. The van der Waals surface area contributed by atoms with Crippen LogP contribution in [-0.4, -0.2) is 24.6 Å². The van der Waals surface area contributed by atoms with E-state index in [1.807, 2.05) is 6.92 Å². The van der Waals surface area contributed by atoms with Crippen LogP contribution >= 0.6 is 0 Å². The highest BCUT2D eigenvalue weighted by Gasteiger charge is 2.33. The average molecular weight is 200 g/mol. The third-order valence-electron chi connectivity index (χ3n) is 2.27. The van der Waals surface area contributed by atoms with Gasteiger partial charge in [0.15, 0.2) is 6.29 Å². The van der Waals surface area contributed by atoms with Crippen LogP contribution in [0.5, 0.6) is 0 Å². The molecule has 0 amide bonds. The van der Waals surface area contributed by atoms with Gasteiger partial charge in [-0.15, -0.1) is 0 Å². The second kappa shape index (κ2) is 5.10. The molecule has 2 unspecified atom stereocenters. The van der Waals surface area contributed by atoms with E-state index in [0.717, 1.165) is 6.42 Å². The second-order valence-electron chi connectivity index (χ2n) is 3.37. The molecule has 0 heterocycles. The first-order valence-corrected chi connectivity index (χ1v) is 5.00. The molecule has 1 saturated carbocycles. The minimum Gasteiger partial charge on any atom is -0.436 e. The Bertz CT molecular complexity index is 224. The van der Waals surface area contributed by atoms with E-state index < -0.39 is 18.2 Å². The Morgan fingerprint density at radius 3 is 2.86 bits per heavy atom. The van der Waals surface area contributed by atoms with Crippen molar-refractivity contribution in [1.82, 2.24) is 0 Å². The Morgan fingerprint density at radius 1 is 1.64 bits per heavy atom. The van der Waals surface area contributed by atoms with Gasteiger partial charge in [0.2, 0.25) is 0 Å². The molecule has 1 aliphatic rings. The van der Waals surface area contributed by atoms with Gasteiger partial charge in [-0.1, -0.05) is 0 Å². The third-order valence-corrected chi connectivity index (χ3v) is 2.27. The number of Topliss-reactive ketones (excluding diaryl/α,β-unsaturated/α-hetero) is 1. The second-order valence-corrected chi connectivity index (χ2v) is 3.37. The first-order chi connectivity index (χ1) is 6.65. The zero-order valence-corrected chi connectivity index (χ0v) is 8.62. The molecule has 0 aromatic heterocycles. The summed E-state index contributed by atoms with van der Waals surface area (Å²) in [5, 5.41) is 0. The molecule has 4 heteroatoms. The molecule has 1 fully saturated rings. The summed E-state index contributed by atoms with van der Waals surface area (Å²) in [6.07, 6.45) is 1.36. The van der Waals surface area contributed by atoms with Gasteiger partial charge < -0.3 is 9.47 Å². The predicted octanol–water partition coefficient (Wildman–Crippen LogP) is 1.28. The molecule has 0 radical (unpaired) electrons. The Hall–Kier alpha value is -0.900. The van der Waals surface area contributed by atoms with Gasteiger partial charge in [0.05, 0.1) is 0 Å². The number of esters is 1. The molecule has 0 saturated heterocycles. The van der Waals surface area contributed by atoms with Crippen LogP contribution in [0, 0.1) is 5.92 Å². The van der Waals surface area contributed by atoms with Gasteiger partial charge in [-0.05, 0) is 26.7 Å². The van der Waals surface area contributed by atoms with Gasteiger partial charge in [0.25, 0.3) is 0 Å². The van der Waals surface area contributed by atoms with Crippen molar-refractivity contribution in [2.24, 2.45) is 5.92 Å². The maximum Gasteiger partial charge on any atom is 0.318 e. The van der Waals surface area contributed by atoms with E-state index in [0.29, 0.717) is 19.4 Å². The standard InChI is InChI=1S/C10H16O4/c1-3-13-7(2)14-10(12)8-5-4-6-9(8)11/h7-8H,3-6H2,1-2H3. The highest BCUT2D eigenvalue weighted by atomic mass is 16.7. The van der Waals surface area contributed by atoms with E-state index in [1.54, 1.807) is 6.92 Å². The molecule has 1 aliphatic carbocycles. The van der Waals surface area contributed by atoms with E-state index in [1.165, 1.54) is 0 Å². The predicted molar refractivity (Wildman–Crippen MR) is 49.5 cm³/mol. The molecule has 1 rings (SSSR count). The summed E-state index contributed by atoms with van der Waals surface area (Å²) in [6.45, 7) is 3.97. The van der Waals surface area contributed by atoms with Crippen LogP contribution in [0.2, 0.25) is 0 Å². The topological polar surface area (TPSA) is 52.6 Å². The molecule has 4 nitrogen and oxygen atoms in total. The van der Waals surface area contributed by atoms with Gasteiger partial charge in [0, 0.05) is 13.0 Å². The smallest absolute Gasteiger partial charge is 0.318 e. The van der Waals surface area contributed by atoms with Crippen LogP contribution in [0.4, 0.5) is 0 Å². The fourth-order valence-corrected chi connectivity index (χ4v) is 1.58. The summed E-state index contributed by atoms with van der Waals surface area (Å²) in [7, 11) is 0. The van der Waals surface area contributed by atoms with E-state index in [2.05, 4.69) is 0 Å². The Labute approximate surface area is 83.6 Å². The number of carbonyl (C=O) groups excluding carboxylic acids is 2. The lowest BCUT2D eigenvalue weighted by molar-refractivity contribution is -0.178. The van der Waals surface area contributed by atoms with Gasteiger partial charge in [-0.2, -0.15) is 0 Å². The summed E-state index contributed by atoms with van der Waals surface area (Å²) in [5.74, 6) is -0.981. The molecule has 14 heavy (non-hydrogen) atoms. The Kier molecular flexibility index (Phi) is 4.07. The van der Waals surface area contributed by atoms with Crippen molar-refractivity contribution in [2.45, 2.75) is 39.4 Å². The molecule has 0 N–H and O–H groups in total. The van der Waals surface area contributed by atoms with Crippen LogP contribution < -0.4 is 0 Å². The highest BCUT2D eigenvalue weighted by Crippen LogP contribution is 2.22. The number of hydrogen-bond acceptors (Lipinski definition) is 4. The molecule has 0 aromatic carbocycles. The Morgan fingerprint density at radius 2 is 2.36 bits per heavy atom. The van der Waals surface area contributed by atoms with Crippen molar-refractivity contribution in [2.75, 3.05) is 6.61 Å². The first-order valence-electron chi connectivity index (χ1n) is 5.00. The van der Waals surface area contributed by atoms with Gasteiger partial charge in [-0.3, -0.25) is 9.59 Å². The average Bonchev–Trinajstić information content (AvgIpc) is 2.51. The summed E-state index contributed by atoms with van der Waals surface area (Å²) in [5.41, 5.74) is 0. The molecular formula is C10H16O4. The largest absolute Gasteiger partial charge is 0.436 e. The molecule has 80 valence electrons. The number of hydrogen-bond donors (Lipinski definition) is 0. The fraction of sp³-hybridized carbons (Fsp3) is 0.800. The molecule has 0 aliphatic heterocycles. The van der Waals surface area contributed by atoms with E-state index in [-0.39, 0.29) is 5.78 Å². The lowest BCUT2D eigenvalue weighted by atomic mass is 10.1. The van der Waals surface area contributed by atoms with E-state index in [4.69, 9.17) is 9.47 Å². The summed E-state index contributed by atoms with van der Waals surface area (Å²) in [6, 6.07) is 0. The fourth-order valence-electron chi connectivity index (χ4n) is 1.58. The zero-order valence-electron chi connectivity index (χ0n) is 8.62. The number of ether oxygens (including phenoxy) is 2. The normalized spacial score (nSPS) is 23.6. The zero-order chi connectivity index (χ0) is 10.6. The molecular weight excluding hydrogens is 184 g/mol. The van der Waals surface area contributed by atoms with Crippen LogP contribution in [0.1, 0.15) is 33.1 Å². The van der Waals surface area contributed by atoms with E-state index >= 15 is 0 Å². The van der Waals surface area contributed by atoms with Crippen molar-refractivity contribution in [1.29, 1.82) is 0 Å². The van der Waals surface area contributed by atoms with Crippen molar-refractivity contribution in [3.8, 4) is 0 Å². The van der Waals surface area contributed by atoms with Crippen LogP contribution in [0.3, 0.4) is 0 Å². The molecule has 0 spiro atoms. The number of rotatable bonds is 4. The molecule has 2 atom stereocenters. The monoisotopic (exact) mass is 200 g/mol. The summed E-state index contributed by atoms with van der Waals surface area (Å²) >= 11 is 0. The highest BCUT2D eigenvalue weighted by molar-refractivity contribution is 6.00. The van der Waals surface area contributed by atoms with Gasteiger partial charge in [0.1, 0.15) is 11.7 Å². The van der Waals surface area contributed by atoms with Crippen LogP contribution in [0.25, 0.3) is 0 Å². The van der Waals surface area contributed by atoms with Crippen LogP contribution in [0.15, 0.2) is 0 Å². The lowest BCUT2D eigenvalue weighted by Gasteiger charge is -2.14. The quantitative estimate of drug-likeness (QED) is 0.389. The third kappa shape index (κ3) is 2.80. The summed E-state index contributed by atoms with van der Waals surface area (Å²) in [4.78, 5) is 22.6. The van der Waals surface area contributed by atoms with Gasteiger partial charge in [-0.25, -0.2) is 0 Å². The SMILES string of the molecule is CCOC(C)OC(=O)C1CCCC1=O. The first kappa shape index (κ1) is 11.2. The van der Waals surface area contributed by atoms with Gasteiger partial charge >= 0.3 is 5.97 Å². The van der Waals surface area contributed by atoms with E-state index in [9.17, 15) is 9.59 Å². The summed E-state index contributed by atoms with van der Waals surface area (Å²) < 4.78 is 10.0. The molecule has 0 bridgehead atoms. The maximum absolute atomic E-state index is 11.4. The van der Waals surface area contributed by atoms with Crippen molar-refractivity contribution < 1.29 is 19.1 Å². The minimum absolute atomic E-state index is 0.00121. The van der Waals surface area contributed by atoms with Crippen LogP contribution in [-0.2, 0) is 19.1 Å². The maximum atomic E-state index is 11.4. The minimum atomic E-state index is -0.555. The number of ketones is 1. The lowest BCUT2D eigenvalue weighted by Crippen LogP contribution is -2.26.